The minimum atomic E-state index is 0.550. The lowest BCUT2D eigenvalue weighted by Gasteiger charge is -2.08. The van der Waals surface area contributed by atoms with Crippen LogP contribution in [0.15, 0.2) is 18.2 Å². The van der Waals surface area contributed by atoms with E-state index in [4.69, 9.17) is 10.5 Å². The summed E-state index contributed by atoms with van der Waals surface area (Å²) in [6, 6.07) is 6.10. The number of aryl methyl sites for hydroxylation is 1. The molecule has 2 aromatic rings. The third-order valence-corrected chi connectivity index (χ3v) is 3.00. The van der Waals surface area contributed by atoms with E-state index >= 15 is 0 Å². The lowest BCUT2D eigenvalue weighted by atomic mass is 10.0. The number of nitrogens with one attached hydrogen (secondary N) is 1. The molecule has 0 spiro atoms. The van der Waals surface area contributed by atoms with Crippen LogP contribution in [-0.4, -0.2) is 17.3 Å². The number of hydrogen-bond donors (Lipinski definition) is 2. The van der Waals surface area contributed by atoms with E-state index in [1.807, 2.05) is 19.1 Å². The van der Waals surface area contributed by atoms with Gasteiger partial charge in [-0.2, -0.15) is 5.10 Å². The lowest BCUT2D eigenvalue weighted by molar-refractivity contribution is 0.410. The van der Waals surface area contributed by atoms with Gasteiger partial charge in [0.05, 0.1) is 12.8 Å². The minimum absolute atomic E-state index is 0.550. The van der Waals surface area contributed by atoms with Crippen molar-refractivity contribution >= 4 is 5.82 Å². The van der Waals surface area contributed by atoms with Crippen LogP contribution in [0.2, 0.25) is 0 Å². The molecule has 0 amide bonds. The fourth-order valence-electron chi connectivity index (χ4n) is 1.90. The van der Waals surface area contributed by atoms with Gasteiger partial charge in [-0.25, -0.2) is 0 Å². The molecule has 0 bridgehead atoms. The summed E-state index contributed by atoms with van der Waals surface area (Å²) in [5.74, 6) is 1.47. The van der Waals surface area contributed by atoms with Gasteiger partial charge in [0.2, 0.25) is 0 Å². The first-order valence-corrected chi connectivity index (χ1v) is 5.65. The zero-order valence-corrected chi connectivity index (χ0v) is 10.4. The minimum Gasteiger partial charge on any atom is -0.496 e. The summed E-state index contributed by atoms with van der Waals surface area (Å²) >= 11 is 0. The number of nitrogens with two attached hydrogens (primary N) is 1. The summed E-state index contributed by atoms with van der Waals surface area (Å²) < 4.78 is 5.31. The van der Waals surface area contributed by atoms with Gasteiger partial charge in [0.1, 0.15) is 11.6 Å². The van der Waals surface area contributed by atoms with E-state index in [9.17, 15) is 0 Å². The highest BCUT2D eigenvalue weighted by Crippen LogP contribution is 2.29. The molecule has 90 valence electrons. The Bertz CT molecular complexity index is 531. The molecule has 0 fully saturated rings. The molecule has 0 aliphatic rings. The van der Waals surface area contributed by atoms with Gasteiger partial charge in [0.15, 0.2) is 0 Å². The molecule has 0 saturated heterocycles. The molecule has 0 unspecified atom stereocenters. The highest BCUT2D eigenvalue weighted by atomic mass is 16.5. The second-order valence-corrected chi connectivity index (χ2v) is 3.99. The van der Waals surface area contributed by atoms with Crippen LogP contribution >= 0.6 is 0 Å². The van der Waals surface area contributed by atoms with Gasteiger partial charge >= 0.3 is 0 Å². The summed E-state index contributed by atoms with van der Waals surface area (Å²) in [6.45, 7) is 4.07. The monoisotopic (exact) mass is 231 g/mol. The van der Waals surface area contributed by atoms with Crippen molar-refractivity contribution < 1.29 is 4.74 Å². The van der Waals surface area contributed by atoms with E-state index in [0.717, 1.165) is 29.0 Å². The second kappa shape index (κ2) is 4.49. The molecule has 17 heavy (non-hydrogen) atoms. The topological polar surface area (TPSA) is 63.9 Å². The zero-order valence-electron chi connectivity index (χ0n) is 10.4. The molecule has 2 rings (SSSR count). The number of anilines is 1. The molecule has 0 atom stereocenters. The average Bonchev–Trinajstić information content (AvgIpc) is 2.69. The fraction of sp³-hybridized carbons (Fsp3) is 0.308. The van der Waals surface area contributed by atoms with Crippen molar-refractivity contribution in [3.8, 4) is 17.0 Å². The van der Waals surface area contributed by atoms with Crippen LogP contribution in [0.25, 0.3) is 11.3 Å². The molecule has 4 heteroatoms. The van der Waals surface area contributed by atoms with E-state index in [1.54, 1.807) is 7.11 Å². The summed E-state index contributed by atoms with van der Waals surface area (Å²) in [7, 11) is 1.69. The van der Waals surface area contributed by atoms with Crippen LogP contribution in [0.3, 0.4) is 0 Å². The van der Waals surface area contributed by atoms with Crippen LogP contribution in [-0.2, 0) is 6.42 Å². The van der Waals surface area contributed by atoms with Gasteiger partial charge in [0, 0.05) is 11.1 Å². The average molecular weight is 231 g/mol. The van der Waals surface area contributed by atoms with Crippen LogP contribution in [0.5, 0.6) is 5.75 Å². The number of aromatic nitrogens is 2. The predicted molar refractivity (Wildman–Crippen MR) is 69.1 cm³/mol. The number of methoxy groups -OCH3 is 1. The molecule has 0 radical (unpaired) electrons. The van der Waals surface area contributed by atoms with Gasteiger partial charge in [-0.05, 0) is 37.1 Å². The molecule has 0 saturated carbocycles. The third-order valence-electron chi connectivity index (χ3n) is 3.00. The Hall–Kier alpha value is -1.97. The number of rotatable bonds is 3. The smallest absolute Gasteiger partial charge is 0.148 e. The van der Waals surface area contributed by atoms with Gasteiger partial charge in [-0.3, -0.25) is 5.10 Å². The van der Waals surface area contributed by atoms with Crippen molar-refractivity contribution in [2.75, 3.05) is 12.8 Å². The quantitative estimate of drug-likeness (QED) is 0.853. The summed E-state index contributed by atoms with van der Waals surface area (Å²) in [6.07, 6.45) is 0.930. The third kappa shape index (κ3) is 1.98. The maximum atomic E-state index is 5.74. The van der Waals surface area contributed by atoms with E-state index in [-0.39, 0.29) is 0 Å². The highest BCUT2D eigenvalue weighted by molar-refractivity contribution is 5.69. The maximum Gasteiger partial charge on any atom is 0.148 e. The standard InChI is InChI=1S/C13H17N3O/c1-4-9-7-10(5-6-11(9)17-3)12-8(2)13(14)16-15-12/h5-7H,4H2,1-3H3,(H3,14,15,16). The summed E-state index contributed by atoms with van der Waals surface area (Å²) in [5.41, 5.74) is 9.96. The second-order valence-electron chi connectivity index (χ2n) is 3.99. The molecule has 4 nitrogen and oxygen atoms in total. The van der Waals surface area contributed by atoms with Gasteiger partial charge in [0.25, 0.3) is 0 Å². The molecule has 0 aliphatic carbocycles. The van der Waals surface area contributed by atoms with E-state index in [2.05, 4.69) is 23.2 Å². The largest absolute Gasteiger partial charge is 0.496 e. The maximum absolute atomic E-state index is 5.74. The Morgan fingerprint density at radius 3 is 2.71 bits per heavy atom. The number of aromatic amines is 1. The van der Waals surface area contributed by atoms with Crippen LogP contribution in [0.1, 0.15) is 18.1 Å². The zero-order chi connectivity index (χ0) is 12.4. The SMILES string of the molecule is CCc1cc(-c2[nH]nc(N)c2C)ccc1OC. The van der Waals surface area contributed by atoms with E-state index in [1.165, 1.54) is 5.56 Å². The Labute approximate surface area is 101 Å². The van der Waals surface area contributed by atoms with Crippen molar-refractivity contribution in [3.05, 3.63) is 29.3 Å². The van der Waals surface area contributed by atoms with Crippen molar-refractivity contribution in [2.45, 2.75) is 20.3 Å². The lowest BCUT2D eigenvalue weighted by Crippen LogP contribution is -1.92. The summed E-state index contributed by atoms with van der Waals surface area (Å²) in [5, 5.41) is 6.98. The molecular weight excluding hydrogens is 214 g/mol. The molecule has 1 aromatic carbocycles. The van der Waals surface area contributed by atoms with Crippen molar-refractivity contribution in [1.29, 1.82) is 0 Å². The Morgan fingerprint density at radius 2 is 2.18 bits per heavy atom. The summed E-state index contributed by atoms with van der Waals surface area (Å²) in [4.78, 5) is 0. The fourth-order valence-corrected chi connectivity index (χ4v) is 1.90. The van der Waals surface area contributed by atoms with Gasteiger partial charge in [-0.1, -0.05) is 6.92 Å². The number of ether oxygens (including phenoxy) is 1. The number of nitrogens with zero attached hydrogens (tertiary/aromatic N) is 1. The number of nitrogen functional groups attached to an aromatic ring is 1. The van der Waals surface area contributed by atoms with E-state index < -0.39 is 0 Å². The van der Waals surface area contributed by atoms with Crippen molar-refractivity contribution in [2.24, 2.45) is 0 Å². The first-order valence-electron chi connectivity index (χ1n) is 5.65. The molecule has 1 aromatic heterocycles. The Morgan fingerprint density at radius 1 is 1.41 bits per heavy atom. The highest BCUT2D eigenvalue weighted by Gasteiger charge is 2.10. The van der Waals surface area contributed by atoms with E-state index in [0.29, 0.717) is 5.82 Å². The molecule has 1 heterocycles. The number of benzene rings is 1. The Balaban J connectivity index is 2.50. The van der Waals surface area contributed by atoms with Crippen LogP contribution < -0.4 is 10.5 Å². The number of hydrogen-bond acceptors (Lipinski definition) is 3. The predicted octanol–water partition coefficient (Wildman–Crippen LogP) is 2.54. The first-order chi connectivity index (χ1) is 8.17. The number of H-pyrrole nitrogens is 1. The van der Waals surface area contributed by atoms with Crippen LogP contribution in [0.4, 0.5) is 5.82 Å². The molecule has 3 N–H and O–H groups in total. The van der Waals surface area contributed by atoms with Gasteiger partial charge in [-0.15, -0.1) is 0 Å². The van der Waals surface area contributed by atoms with Crippen molar-refractivity contribution in [3.63, 3.8) is 0 Å². The van der Waals surface area contributed by atoms with Gasteiger partial charge < -0.3 is 10.5 Å². The first kappa shape index (κ1) is 11.5. The molecular formula is C13H17N3O. The molecule has 0 aliphatic heterocycles. The van der Waals surface area contributed by atoms with Crippen molar-refractivity contribution in [1.82, 2.24) is 10.2 Å². The van der Waals surface area contributed by atoms with Crippen LogP contribution in [0, 0.1) is 6.92 Å². The normalized spacial score (nSPS) is 10.5. The Kier molecular flexibility index (Phi) is 3.04.